The van der Waals surface area contributed by atoms with Crippen LogP contribution in [0.5, 0.6) is 0 Å². The number of carbonyl (C=O) groups excluding carboxylic acids is 1. The van der Waals surface area contributed by atoms with Crippen molar-refractivity contribution in [2.45, 2.75) is 169 Å². The second-order valence-electron chi connectivity index (χ2n) is 26.1. The van der Waals surface area contributed by atoms with Crippen molar-refractivity contribution in [3.63, 3.8) is 0 Å². The molecule has 414 valence electrons. The van der Waals surface area contributed by atoms with Crippen molar-refractivity contribution in [1.82, 2.24) is 0 Å². The molecule has 5 aliphatic carbocycles. The number of hydrogen-bond donors (Lipinski definition) is 0. The third-order valence-corrected chi connectivity index (χ3v) is 21.1. The topological polar surface area (TPSA) is 81.7 Å². The van der Waals surface area contributed by atoms with E-state index in [0.29, 0.717) is 51.5 Å². The monoisotopic (exact) mass is 1050 g/mol. The van der Waals surface area contributed by atoms with Crippen molar-refractivity contribution in [3.05, 3.63) is 191 Å². The average Bonchev–Trinajstić information content (AvgIpc) is 3.65. The van der Waals surface area contributed by atoms with Gasteiger partial charge >= 0.3 is 5.97 Å². The van der Waals surface area contributed by atoms with E-state index in [1.165, 1.54) is 0 Å². The molecule has 1 aliphatic heterocycles. The molecule has 0 bridgehead atoms. The summed E-state index contributed by atoms with van der Waals surface area (Å²) in [4.78, 5) is 14.7. The maximum Gasteiger partial charge on any atom is 0.313 e. The first-order valence-corrected chi connectivity index (χ1v) is 29.5. The summed E-state index contributed by atoms with van der Waals surface area (Å²) >= 11 is 0. The minimum Gasteiger partial charge on any atom is -0.460 e. The van der Waals surface area contributed by atoms with Gasteiger partial charge in [-0.3, -0.25) is 4.79 Å². The lowest BCUT2D eigenvalue weighted by molar-refractivity contribution is -0.348. The largest absolute Gasteiger partial charge is 0.460 e. The van der Waals surface area contributed by atoms with E-state index in [1.807, 2.05) is 66.7 Å². The molecular formula is C70H86O8. The van der Waals surface area contributed by atoms with E-state index >= 15 is 0 Å². The zero-order valence-corrected chi connectivity index (χ0v) is 47.4. The molecule has 0 radical (unpaired) electrons. The second kappa shape index (κ2) is 22.9. The molecular weight excluding hydrogens is 969 g/mol. The second-order valence-corrected chi connectivity index (χ2v) is 26.1. The third kappa shape index (κ3) is 10.8. The van der Waals surface area contributed by atoms with Crippen molar-refractivity contribution in [2.75, 3.05) is 13.2 Å². The molecule has 1 saturated heterocycles. The van der Waals surface area contributed by atoms with Crippen LogP contribution in [0, 0.1) is 50.2 Å². The van der Waals surface area contributed by atoms with Crippen LogP contribution in [0.3, 0.4) is 0 Å². The fourth-order valence-corrected chi connectivity index (χ4v) is 16.5. The molecule has 8 heteroatoms. The minimum absolute atomic E-state index is 0.0182. The van der Waals surface area contributed by atoms with Crippen LogP contribution in [-0.2, 0) is 71.0 Å². The number of carbonyl (C=O) groups is 1. The van der Waals surface area contributed by atoms with Crippen molar-refractivity contribution < 1.29 is 38.0 Å². The first kappa shape index (κ1) is 55.0. The Morgan fingerprint density at radius 3 is 1.71 bits per heavy atom. The van der Waals surface area contributed by atoms with Gasteiger partial charge in [-0.25, -0.2) is 0 Å². The molecule has 0 spiro atoms. The summed E-state index contributed by atoms with van der Waals surface area (Å²) < 4.78 is 49.0. The van der Waals surface area contributed by atoms with E-state index in [2.05, 4.69) is 133 Å². The Morgan fingerprint density at radius 2 is 1.10 bits per heavy atom. The van der Waals surface area contributed by atoms with Crippen LogP contribution in [0.2, 0.25) is 0 Å². The predicted molar refractivity (Wildman–Crippen MR) is 305 cm³/mol. The Kier molecular flexibility index (Phi) is 16.1. The van der Waals surface area contributed by atoms with Gasteiger partial charge in [0.1, 0.15) is 24.9 Å². The SMILES string of the molecule is CC1(C)CC[C@]2(C(=O)OCc3ccccc3)CC[C@]3(C)C(=CC[C@@H]4[C@@]5(C)CC[C@@H]6O[C@H]([C@H](OCc7ccccc7)[C@@H](OCc7ccccc7)[C@H](COCc7ccccc7)OCc7ccccc7)OC[C@@]6(C)[C@@H]5CC[C@]43C)[C@@H]2C1. The van der Waals surface area contributed by atoms with Crippen molar-refractivity contribution in [3.8, 4) is 0 Å². The zero-order valence-electron chi connectivity index (χ0n) is 47.4. The maximum absolute atomic E-state index is 14.7. The van der Waals surface area contributed by atoms with Gasteiger partial charge in [0.15, 0.2) is 6.29 Å². The van der Waals surface area contributed by atoms with Crippen molar-refractivity contribution in [2.24, 2.45) is 50.2 Å². The van der Waals surface area contributed by atoms with Gasteiger partial charge in [0.25, 0.3) is 0 Å². The Morgan fingerprint density at radius 1 is 0.564 bits per heavy atom. The van der Waals surface area contributed by atoms with Gasteiger partial charge in [-0.1, -0.05) is 205 Å². The van der Waals surface area contributed by atoms with Gasteiger partial charge in [-0.05, 0) is 131 Å². The van der Waals surface area contributed by atoms with Gasteiger partial charge in [0.05, 0.1) is 51.2 Å². The van der Waals surface area contributed by atoms with Crippen LogP contribution in [0.4, 0.5) is 0 Å². The highest BCUT2D eigenvalue weighted by Gasteiger charge is 2.70. The standard InChI is InChI=1S/C70H86O8/c1-65(2)38-40-70(64(71)76-47-54-30-20-11-21-31-54)41-39-68(5)55(56(70)42-65)32-33-59-66(3)36-35-60-67(4,58(66)34-37-69(59,68)6)49-77-63(78-60)62(75-46-53-28-18-10-19-29-53)61(74-45-52-26-16-9-17-27-52)57(73-44-51-24-14-8-15-25-51)48-72-43-50-22-12-7-13-23-50/h7-32,56-63H,33-49H2,1-6H3/t56-,57-,58+,59+,60-,61-,62+,63+,66-,67-,68+,69+,70-/m0/s1. The summed E-state index contributed by atoms with van der Waals surface area (Å²) in [6.07, 6.45) is 10.3. The molecule has 13 atom stereocenters. The number of hydrogen-bond acceptors (Lipinski definition) is 8. The van der Waals surface area contributed by atoms with E-state index in [-0.39, 0.29) is 51.7 Å². The highest BCUT2D eigenvalue weighted by atomic mass is 16.7. The van der Waals surface area contributed by atoms with Gasteiger partial charge in [0.2, 0.25) is 0 Å². The molecule has 5 aromatic carbocycles. The Hall–Kier alpha value is -4.93. The average molecular weight is 1060 g/mol. The lowest BCUT2D eigenvalue weighted by Crippen LogP contribution is -2.68. The van der Waals surface area contributed by atoms with E-state index in [9.17, 15) is 4.79 Å². The number of benzene rings is 5. The van der Waals surface area contributed by atoms with Gasteiger partial charge in [0, 0.05) is 5.41 Å². The molecule has 78 heavy (non-hydrogen) atoms. The Labute approximate surface area is 465 Å². The number of rotatable bonds is 19. The highest BCUT2D eigenvalue weighted by Crippen LogP contribution is 2.76. The summed E-state index contributed by atoms with van der Waals surface area (Å²) in [6.45, 7) is 17.9. The molecule has 0 aromatic heterocycles. The van der Waals surface area contributed by atoms with Crippen LogP contribution < -0.4 is 0 Å². The van der Waals surface area contributed by atoms with E-state index in [1.54, 1.807) is 5.57 Å². The minimum atomic E-state index is -0.719. The lowest BCUT2D eigenvalue weighted by atomic mass is 9.33. The van der Waals surface area contributed by atoms with Crippen LogP contribution in [-0.4, -0.2) is 49.9 Å². The summed E-state index contributed by atoms with van der Waals surface area (Å²) in [5.41, 5.74) is 6.46. The summed E-state index contributed by atoms with van der Waals surface area (Å²) in [5.74, 6) is 1.09. The summed E-state index contributed by atoms with van der Waals surface area (Å²) in [7, 11) is 0. The first-order valence-electron chi connectivity index (χ1n) is 29.5. The van der Waals surface area contributed by atoms with Crippen LogP contribution >= 0.6 is 0 Å². The van der Waals surface area contributed by atoms with E-state index in [0.717, 1.165) is 92.0 Å². The van der Waals surface area contributed by atoms with Gasteiger partial charge < -0.3 is 33.2 Å². The number of fused-ring (bicyclic) bond motifs is 9. The molecule has 6 aliphatic rings. The zero-order chi connectivity index (χ0) is 54.0. The maximum atomic E-state index is 14.7. The molecule has 11 rings (SSSR count). The normalized spacial score (nSPS) is 33.1. The Balaban J connectivity index is 0.872. The molecule has 5 aromatic rings. The molecule has 0 N–H and O–H groups in total. The number of ether oxygens (including phenoxy) is 7. The highest BCUT2D eigenvalue weighted by molar-refractivity contribution is 5.79. The molecule has 4 saturated carbocycles. The van der Waals surface area contributed by atoms with E-state index in [4.69, 9.17) is 33.2 Å². The van der Waals surface area contributed by atoms with Crippen molar-refractivity contribution >= 4 is 5.97 Å². The fraction of sp³-hybridized carbons (Fsp3) is 0.529. The van der Waals surface area contributed by atoms with Crippen LogP contribution in [0.15, 0.2) is 163 Å². The molecule has 8 nitrogen and oxygen atoms in total. The van der Waals surface area contributed by atoms with Gasteiger partial charge in [-0.2, -0.15) is 0 Å². The summed E-state index contributed by atoms with van der Waals surface area (Å²) in [6, 6.07) is 51.5. The third-order valence-electron chi connectivity index (χ3n) is 21.1. The lowest BCUT2D eigenvalue weighted by Gasteiger charge is -2.72. The molecule has 1 heterocycles. The molecule has 5 fully saturated rings. The first-order chi connectivity index (χ1) is 37.7. The fourth-order valence-electron chi connectivity index (χ4n) is 16.5. The van der Waals surface area contributed by atoms with Gasteiger partial charge in [-0.15, -0.1) is 0 Å². The van der Waals surface area contributed by atoms with E-state index < -0.39 is 30.0 Å². The molecule has 0 amide bonds. The number of esters is 1. The number of allylic oxidation sites excluding steroid dienone is 2. The van der Waals surface area contributed by atoms with Crippen LogP contribution in [0.1, 0.15) is 134 Å². The summed E-state index contributed by atoms with van der Waals surface area (Å²) in [5, 5.41) is 0. The Bertz CT molecular complexity index is 2790. The van der Waals surface area contributed by atoms with Crippen LogP contribution in [0.25, 0.3) is 0 Å². The predicted octanol–water partition coefficient (Wildman–Crippen LogP) is 15.2. The molecule has 0 unspecified atom stereocenters. The van der Waals surface area contributed by atoms with Crippen molar-refractivity contribution in [1.29, 1.82) is 0 Å². The smallest absolute Gasteiger partial charge is 0.313 e. The quantitative estimate of drug-likeness (QED) is 0.0598.